The van der Waals surface area contributed by atoms with Crippen molar-refractivity contribution in [2.75, 3.05) is 31.1 Å². The Balaban J connectivity index is 1.36. The molecular weight excluding hydrogens is 328 g/mol. The third-order valence-electron chi connectivity index (χ3n) is 4.76. The highest BCUT2D eigenvalue weighted by Crippen LogP contribution is 2.22. The van der Waals surface area contributed by atoms with E-state index in [1.165, 1.54) is 0 Å². The molecule has 0 bridgehead atoms. The van der Waals surface area contributed by atoms with Crippen LogP contribution in [-0.2, 0) is 11.2 Å². The minimum atomic E-state index is -0.506. The van der Waals surface area contributed by atoms with E-state index < -0.39 is 6.04 Å². The van der Waals surface area contributed by atoms with Crippen molar-refractivity contribution in [3.8, 4) is 0 Å². The molecule has 2 heterocycles. The van der Waals surface area contributed by atoms with Crippen LogP contribution in [0.3, 0.4) is 0 Å². The maximum Gasteiger partial charge on any atom is 0.298 e. The van der Waals surface area contributed by atoms with Crippen LogP contribution in [0, 0.1) is 0 Å². The van der Waals surface area contributed by atoms with E-state index in [1.54, 1.807) is 0 Å². The van der Waals surface area contributed by atoms with E-state index in [9.17, 15) is 4.79 Å². The molecule has 2 N–H and O–H groups in total. The fourth-order valence-electron chi connectivity index (χ4n) is 3.30. The Labute approximate surface area is 152 Å². The van der Waals surface area contributed by atoms with Gasteiger partial charge in [0.1, 0.15) is 5.52 Å². The lowest BCUT2D eigenvalue weighted by molar-refractivity contribution is -0.132. The number of para-hydroxylation sites is 2. The summed E-state index contributed by atoms with van der Waals surface area (Å²) >= 11 is 0. The Morgan fingerprint density at radius 2 is 1.73 bits per heavy atom. The van der Waals surface area contributed by atoms with Crippen LogP contribution < -0.4 is 10.6 Å². The molecule has 1 aliphatic heterocycles. The summed E-state index contributed by atoms with van der Waals surface area (Å²) in [6.45, 7) is 2.63. The minimum absolute atomic E-state index is 0.00562. The second-order valence-electron chi connectivity index (χ2n) is 6.57. The Kier molecular flexibility index (Phi) is 4.58. The number of benzene rings is 2. The van der Waals surface area contributed by atoms with Gasteiger partial charge < -0.3 is 20.0 Å². The highest BCUT2D eigenvalue weighted by atomic mass is 16.4. The van der Waals surface area contributed by atoms with Crippen LogP contribution in [0.4, 0.5) is 6.01 Å². The molecule has 6 heteroatoms. The van der Waals surface area contributed by atoms with Gasteiger partial charge in [-0.05, 0) is 24.1 Å². The van der Waals surface area contributed by atoms with Gasteiger partial charge in [-0.2, -0.15) is 4.98 Å². The number of oxazole rings is 1. The van der Waals surface area contributed by atoms with Crippen LogP contribution in [0.15, 0.2) is 59.0 Å². The molecule has 0 saturated carbocycles. The van der Waals surface area contributed by atoms with Gasteiger partial charge in [0.2, 0.25) is 5.91 Å². The monoisotopic (exact) mass is 350 g/mol. The van der Waals surface area contributed by atoms with Gasteiger partial charge in [0.05, 0.1) is 6.04 Å². The van der Waals surface area contributed by atoms with Gasteiger partial charge in [-0.25, -0.2) is 0 Å². The number of carbonyl (C=O) groups is 1. The van der Waals surface area contributed by atoms with E-state index in [2.05, 4.69) is 9.88 Å². The Hall–Kier alpha value is -2.86. The van der Waals surface area contributed by atoms with Crippen molar-refractivity contribution >= 4 is 23.0 Å². The largest absolute Gasteiger partial charge is 0.423 e. The van der Waals surface area contributed by atoms with Crippen LogP contribution in [0.2, 0.25) is 0 Å². The zero-order chi connectivity index (χ0) is 17.9. The minimum Gasteiger partial charge on any atom is -0.423 e. The van der Waals surface area contributed by atoms with Gasteiger partial charge >= 0.3 is 0 Å². The normalized spacial score (nSPS) is 16.0. The van der Waals surface area contributed by atoms with Crippen LogP contribution in [0.25, 0.3) is 11.1 Å². The number of hydrogen-bond donors (Lipinski definition) is 1. The number of fused-ring (bicyclic) bond motifs is 1. The number of nitrogens with zero attached hydrogens (tertiary/aromatic N) is 3. The van der Waals surface area contributed by atoms with Gasteiger partial charge in [-0.15, -0.1) is 0 Å². The smallest absolute Gasteiger partial charge is 0.298 e. The number of anilines is 1. The molecule has 6 nitrogen and oxygen atoms in total. The Bertz CT molecular complexity index is 852. The first-order chi connectivity index (χ1) is 12.7. The lowest BCUT2D eigenvalue weighted by Gasteiger charge is -2.35. The Morgan fingerprint density at radius 3 is 2.46 bits per heavy atom. The predicted molar refractivity (Wildman–Crippen MR) is 101 cm³/mol. The summed E-state index contributed by atoms with van der Waals surface area (Å²) in [4.78, 5) is 21.1. The van der Waals surface area contributed by atoms with E-state index in [1.807, 2.05) is 59.5 Å². The average molecular weight is 350 g/mol. The number of aromatic nitrogens is 1. The molecule has 0 radical (unpaired) electrons. The van der Waals surface area contributed by atoms with Gasteiger partial charge in [0.25, 0.3) is 6.01 Å². The van der Waals surface area contributed by atoms with Crippen molar-refractivity contribution in [2.24, 2.45) is 5.73 Å². The quantitative estimate of drug-likeness (QED) is 0.779. The summed E-state index contributed by atoms with van der Waals surface area (Å²) < 4.78 is 5.82. The predicted octanol–water partition coefficient (Wildman–Crippen LogP) is 2.05. The lowest BCUT2D eigenvalue weighted by Crippen LogP contribution is -2.53. The van der Waals surface area contributed by atoms with Crippen LogP contribution >= 0.6 is 0 Å². The fraction of sp³-hybridized carbons (Fsp3) is 0.300. The summed E-state index contributed by atoms with van der Waals surface area (Å²) in [7, 11) is 0. The second-order valence-corrected chi connectivity index (χ2v) is 6.57. The van der Waals surface area contributed by atoms with Gasteiger partial charge in [0.15, 0.2) is 5.58 Å². The second kappa shape index (κ2) is 7.17. The van der Waals surface area contributed by atoms with Crippen molar-refractivity contribution in [3.05, 3.63) is 60.2 Å². The topological polar surface area (TPSA) is 75.6 Å². The zero-order valence-corrected chi connectivity index (χ0v) is 14.5. The number of carbonyl (C=O) groups excluding carboxylic acids is 1. The molecule has 1 aliphatic rings. The summed E-state index contributed by atoms with van der Waals surface area (Å²) in [6.07, 6.45) is 0.561. The third-order valence-corrected chi connectivity index (χ3v) is 4.76. The summed E-state index contributed by atoms with van der Waals surface area (Å²) in [5.74, 6) is 0.00562. The molecule has 1 atom stereocenters. The zero-order valence-electron chi connectivity index (χ0n) is 14.5. The highest BCUT2D eigenvalue weighted by molar-refractivity contribution is 5.82. The van der Waals surface area contributed by atoms with Gasteiger partial charge in [-0.1, -0.05) is 42.5 Å². The van der Waals surface area contributed by atoms with Crippen molar-refractivity contribution in [1.82, 2.24) is 9.88 Å². The molecule has 1 saturated heterocycles. The molecule has 3 aromatic rings. The first kappa shape index (κ1) is 16.6. The van der Waals surface area contributed by atoms with Crippen LogP contribution in [-0.4, -0.2) is 48.0 Å². The number of amides is 1. The molecule has 1 amide bonds. The molecule has 1 aromatic heterocycles. The van der Waals surface area contributed by atoms with E-state index in [-0.39, 0.29) is 5.91 Å². The fourth-order valence-corrected chi connectivity index (χ4v) is 3.30. The van der Waals surface area contributed by atoms with Crippen molar-refractivity contribution < 1.29 is 9.21 Å². The van der Waals surface area contributed by atoms with Gasteiger partial charge in [-0.3, -0.25) is 4.79 Å². The molecular formula is C20H22N4O2. The molecule has 1 fully saturated rings. The third kappa shape index (κ3) is 3.41. The summed E-state index contributed by atoms with van der Waals surface area (Å²) in [5, 5.41) is 0. The maximum absolute atomic E-state index is 12.6. The average Bonchev–Trinajstić information content (AvgIpc) is 3.12. The van der Waals surface area contributed by atoms with E-state index >= 15 is 0 Å². The summed E-state index contributed by atoms with van der Waals surface area (Å²) in [5.41, 5.74) is 8.86. The number of piperazine rings is 1. The Morgan fingerprint density at radius 1 is 1.04 bits per heavy atom. The molecule has 4 rings (SSSR count). The van der Waals surface area contributed by atoms with Crippen molar-refractivity contribution in [2.45, 2.75) is 12.5 Å². The molecule has 0 aliphatic carbocycles. The first-order valence-electron chi connectivity index (χ1n) is 8.89. The summed E-state index contributed by atoms with van der Waals surface area (Å²) in [6, 6.07) is 17.7. The highest BCUT2D eigenvalue weighted by Gasteiger charge is 2.27. The number of rotatable bonds is 4. The van der Waals surface area contributed by atoms with E-state index in [0.717, 1.165) is 16.7 Å². The number of hydrogen-bond acceptors (Lipinski definition) is 5. The van der Waals surface area contributed by atoms with Crippen LogP contribution in [0.1, 0.15) is 5.56 Å². The van der Waals surface area contributed by atoms with E-state index in [0.29, 0.717) is 38.6 Å². The van der Waals surface area contributed by atoms with Crippen molar-refractivity contribution in [3.63, 3.8) is 0 Å². The molecule has 0 spiro atoms. The first-order valence-corrected chi connectivity index (χ1v) is 8.89. The van der Waals surface area contributed by atoms with Crippen LogP contribution in [0.5, 0.6) is 0 Å². The van der Waals surface area contributed by atoms with Gasteiger partial charge in [0, 0.05) is 26.2 Å². The molecule has 2 aromatic carbocycles. The molecule has 1 unspecified atom stereocenters. The SMILES string of the molecule is NC(Cc1ccccc1)C(=O)N1CCN(c2nc3ccccc3o2)CC1. The van der Waals surface area contributed by atoms with E-state index in [4.69, 9.17) is 10.2 Å². The number of nitrogens with two attached hydrogens (primary N) is 1. The lowest BCUT2D eigenvalue weighted by atomic mass is 10.1. The standard InChI is InChI=1S/C20H22N4O2/c21-16(14-15-6-2-1-3-7-15)19(25)23-10-12-24(13-11-23)20-22-17-8-4-5-9-18(17)26-20/h1-9,16H,10-14,21H2. The molecule has 26 heavy (non-hydrogen) atoms. The maximum atomic E-state index is 12.6. The molecule has 134 valence electrons. The van der Waals surface area contributed by atoms with Crippen molar-refractivity contribution in [1.29, 1.82) is 0 Å².